The van der Waals surface area contributed by atoms with Gasteiger partial charge in [-0.05, 0) is 6.07 Å². The monoisotopic (exact) mass is 210 g/mol. The molecule has 0 saturated carbocycles. The molecule has 0 aromatic carbocycles. The van der Waals surface area contributed by atoms with Crippen LogP contribution in [0.1, 0.15) is 16.9 Å². The van der Waals surface area contributed by atoms with Crippen molar-refractivity contribution in [2.75, 3.05) is 12.3 Å². The Morgan fingerprint density at radius 1 is 1.53 bits per heavy atom. The first kappa shape index (κ1) is 10.9. The van der Waals surface area contributed by atoms with E-state index in [-0.39, 0.29) is 24.6 Å². The zero-order chi connectivity index (χ0) is 11.3. The third-order valence-corrected chi connectivity index (χ3v) is 1.53. The molecule has 7 nitrogen and oxygen atoms in total. The highest BCUT2D eigenvalue weighted by molar-refractivity contribution is 5.92. The Balaban J connectivity index is 2.50. The summed E-state index contributed by atoms with van der Waals surface area (Å²) >= 11 is 0. The van der Waals surface area contributed by atoms with Gasteiger partial charge < -0.3 is 16.2 Å². The van der Waals surface area contributed by atoms with Crippen LogP contribution in [0.25, 0.3) is 0 Å². The van der Waals surface area contributed by atoms with Crippen LogP contribution in [0.3, 0.4) is 0 Å². The van der Waals surface area contributed by atoms with Crippen molar-refractivity contribution in [2.24, 2.45) is 0 Å². The Labute approximate surface area is 85.3 Å². The average molecular weight is 210 g/mol. The predicted molar refractivity (Wildman–Crippen MR) is 51.0 cm³/mol. The molecule has 0 spiro atoms. The molecule has 0 unspecified atom stereocenters. The minimum Gasteiger partial charge on any atom is -0.481 e. The largest absolute Gasteiger partial charge is 0.481 e. The van der Waals surface area contributed by atoms with Gasteiger partial charge in [-0.3, -0.25) is 9.59 Å². The lowest BCUT2D eigenvalue weighted by atomic mass is 10.3. The maximum Gasteiger partial charge on any atom is 0.305 e. The number of anilines is 1. The van der Waals surface area contributed by atoms with Crippen LogP contribution >= 0.6 is 0 Å². The van der Waals surface area contributed by atoms with Crippen LogP contribution < -0.4 is 11.1 Å². The number of amides is 1. The Kier molecular flexibility index (Phi) is 3.55. The normalized spacial score (nSPS) is 9.60. The van der Waals surface area contributed by atoms with E-state index in [0.717, 1.165) is 0 Å². The summed E-state index contributed by atoms with van der Waals surface area (Å²) in [6.07, 6.45) is 1.22. The number of nitrogen functional groups attached to an aromatic ring is 1. The average Bonchev–Trinajstić information content (AvgIpc) is 2.17. The van der Waals surface area contributed by atoms with Gasteiger partial charge in [0, 0.05) is 12.7 Å². The highest BCUT2D eigenvalue weighted by Crippen LogP contribution is 1.95. The molecule has 0 fully saturated rings. The van der Waals surface area contributed by atoms with Gasteiger partial charge >= 0.3 is 5.97 Å². The summed E-state index contributed by atoms with van der Waals surface area (Å²) < 4.78 is 0. The first-order valence-electron chi connectivity index (χ1n) is 4.18. The van der Waals surface area contributed by atoms with Crippen LogP contribution in [0, 0.1) is 0 Å². The first-order valence-corrected chi connectivity index (χ1v) is 4.18. The molecule has 7 heteroatoms. The van der Waals surface area contributed by atoms with E-state index in [1.165, 1.54) is 12.3 Å². The molecule has 1 aromatic heterocycles. The Morgan fingerprint density at radius 2 is 2.27 bits per heavy atom. The first-order chi connectivity index (χ1) is 7.09. The zero-order valence-corrected chi connectivity index (χ0v) is 7.80. The van der Waals surface area contributed by atoms with Crippen molar-refractivity contribution in [3.8, 4) is 0 Å². The lowest BCUT2D eigenvalue weighted by Crippen LogP contribution is -2.27. The van der Waals surface area contributed by atoms with E-state index in [4.69, 9.17) is 10.8 Å². The van der Waals surface area contributed by atoms with E-state index < -0.39 is 11.9 Å². The summed E-state index contributed by atoms with van der Waals surface area (Å²) in [4.78, 5) is 28.8. The molecule has 1 rings (SSSR count). The molecular formula is C8H10N4O3. The fourth-order valence-corrected chi connectivity index (χ4v) is 0.874. The van der Waals surface area contributed by atoms with E-state index in [1.807, 2.05) is 0 Å². The highest BCUT2D eigenvalue weighted by Gasteiger charge is 2.07. The van der Waals surface area contributed by atoms with Crippen molar-refractivity contribution in [3.63, 3.8) is 0 Å². The highest BCUT2D eigenvalue weighted by atomic mass is 16.4. The van der Waals surface area contributed by atoms with Gasteiger partial charge in [-0.1, -0.05) is 0 Å². The zero-order valence-electron chi connectivity index (χ0n) is 7.80. The van der Waals surface area contributed by atoms with Crippen molar-refractivity contribution >= 4 is 17.8 Å². The molecule has 0 saturated heterocycles. The summed E-state index contributed by atoms with van der Waals surface area (Å²) in [6, 6.07) is 1.40. The van der Waals surface area contributed by atoms with Crippen LogP contribution in [-0.4, -0.2) is 33.5 Å². The number of nitrogens with two attached hydrogens (primary N) is 1. The molecule has 15 heavy (non-hydrogen) atoms. The molecule has 0 radical (unpaired) electrons. The second-order valence-electron chi connectivity index (χ2n) is 2.70. The molecular weight excluding hydrogens is 200 g/mol. The van der Waals surface area contributed by atoms with Gasteiger partial charge in [-0.2, -0.15) is 0 Å². The topological polar surface area (TPSA) is 118 Å². The van der Waals surface area contributed by atoms with Gasteiger partial charge in [-0.25, -0.2) is 9.97 Å². The molecule has 0 atom stereocenters. The standard InChI is InChI=1S/C8H10N4O3/c9-8-11-3-1-5(12-8)7(15)10-4-2-6(13)14/h1,3H,2,4H2,(H,10,15)(H,13,14)(H2,9,11,12). The lowest BCUT2D eigenvalue weighted by molar-refractivity contribution is -0.136. The molecule has 0 bridgehead atoms. The van der Waals surface area contributed by atoms with E-state index >= 15 is 0 Å². The second-order valence-corrected chi connectivity index (χ2v) is 2.70. The molecule has 1 heterocycles. The number of hydrogen-bond acceptors (Lipinski definition) is 5. The number of hydrogen-bond donors (Lipinski definition) is 3. The Morgan fingerprint density at radius 3 is 2.87 bits per heavy atom. The van der Waals surface area contributed by atoms with Crippen LogP contribution in [0.15, 0.2) is 12.3 Å². The van der Waals surface area contributed by atoms with Crippen LogP contribution in [0.2, 0.25) is 0 Å². The van der Waals surface area contributed by atoms with E-state index in [2.05, 4.69) is 15.3 Å². The van der Waals surface area contributed by atoms with Gasteiger partial charge in [0.1, 0.15) is 5.69 Å². The number of carbonyl (C=O) groups is 2. The van der Waals surface area contributed by atoms with E-state index in [0.29, 0.717) is 0 Å². The smallest absolute Gasteiger partial charge is 0.305 e. The summed E-state index contributed by atoms with van der Waals surface area (Å²) in [6.45, 7) is 0.0536. The third-order valence-electron chi connectivity index (χ3n) is 1.53. The third kappa shape index (κ3) is 3.59. The molecule has 0 aliphatic rings. The number of aromatic nitrogens is 2. The van der Waals surface area contributed by atoms with Gasteiger partial charge in [-0.15, -0.1) is 0 Å². The fourth-order valence-electron chi connectivity index (χ4n) is 0.874. The molecule has 1 aromatic rings. The van der Waals surface area contributed by atoms with Crippen LogP contribution in [-0.2, 0) is 4.79 Å². The molecule has 0 aliphatic heterocycles. The molecule has 4 N–H and O–H groups in total. The second kappa shape index (κ2) is 4.89. The number of carboxylic acids is 1. The van der Waals surface area contributed by atoms with Crippen LogP contribution in [0.4, 0.5) is 5.95 Å². The summed E-state index contributed by atoms with van der Waals surface area (Å²) in [5.74, 6) is -1.44. The van der Waals surface area contributed by atoms with Gasteiger partial charge in [0.05, 0.1) is 6.42 Å². The maximum atomic E-state index is 11.3. The van der Waals surface area contributed by atoms with Crippen LogP contribution in [0.5, 0.6) is 0 Å². The summed E-state index contributed by atoms with van der Waals surface area (Å²) in [5.41, 5.74) is 5.40. The Bertz CT molecular complexity index is 380. The van der Waals surface area contributed by atoms with Crippen molar-refractivity contribution < 1.29 is 14.7 Å². The number of carboxylic acid groups (broad SMARTS) is 1. The van der Waals surface area contributed by atoms with E-state index in [1.54, 1.807) is 0 Å². The van der Waals surface area contributed by atoms with Crippen molar-refractivity contribution in [2.45, 2.75) is 6.42 Å². The number of aliphatic carboxylic acids is 1. The summed E-state index contributed by atoms with van der Waals surface area (Å²) in [5, 5.41) is 10.7. The fraction of sp³-hybridized carbons (Fsp3) is 0.250. The quantitative estimate of drug-likeness (QED) is 0.602. The minimum absolute atomic E-state index is 0.000819. The maximum absolute atomic E-state index is 11.3. The minimum atomic E-state index is -0.975. The van der Waals surface area contributed by atoms with Crippen molar-refractivity contribution in [1.82, 2.24) is 15.3 Å². The number of rotatable bonds is 4. The lowest BCUT2D eigenvalue weighted by Gasteiger charge is -2.02. The molecule has 0 aliphatic carbocycles. The number of nitrogens with zero attached hydrogens (tertiary/aromatic N) is 2. The van der Waals surface area contributed by atoms with Crippen molar-refractivity contribution in [1.29, 1.82) is 0 Å². The Hall–Kier alpha value is -2.18. The molecule has 1 amide bonds. The number of nitrogens with one attached hydrogen (secondary N) is 1. The summed E-state index contributed by atoms with van der Waals surface area (Å²) in [7, 11) is 0. The predicted octanol–water partition coefficient (Wildman–Crippen LogP) is -0.737. The SMILES string of the molecule is Nc1nccc(C(=O)NCCC(=O)O)n1. The molecule has 80 valence electrons. The van der Waals surface area contributed by atoms with Gasteiger partial charge in [0.2, 0.25) is 5.95 Å². The number of carbonyl (C=O) groups excluding carboxylic acids is 1. The van der Waals surface area contributed by atoms with Crippen molar-refractivity contribution in [3.05, 3.63) is 18.0 Å². The van der Waals surface area contributed by atoms with E-state index in [9.17, 15) is 9.59 Å². The van der Waals surface area contributed by atoms with Gasteiger partial charge in [0.25, 0.3) is 5.91 Å². The van der Waals surface area contributed by atoms with Gasteiger partial charge in [0.15, 0.2) is 0 Å².